The predicted octanol–water partition coefficient (Wildman–Crippen LogP) is 4.70. The third-order valence-corrected chi connectivity index (χ3v) is 6.48. The Labute approximate surface area is 154 Å². The van der Waals surface area contributed by atoms with Crippen LogP contribution in [0, 0.1) is 7.14 Å². The van der Waals surface area contributed by atoms with Crippen LogP contribution in [-0.4, -0.2) is 13.0 Å². The van der Waals surface area contributed by atoms with E-state index < -0.39 is 10.1 Å². The first-order valence-electron chi connectivity index (χ1n) is 6.39. The van der Waals surface area contributed by atoms with Crippen LogP contribution < -0.4 is 0 Å². The fourth-order valence-electron chi connectivity index (χ4n) is 3.02. The minimum Gasteiger partial charge on any atom is -0.744 e. The van der Waals surface area contributed by atoms with Gasteiger partial charge in [0.1, 0.15) is 10.1 Å². The average Bonchev–Trinajstić information content (AvgIpc) is 2.45. The molecule has 0 bridgehead atoms. The second kappa shape index (κ2) is 4.89. The van der Waals surface area contributed by atoms with Crippen molar-refractivity contribution in [3.8, 4) is 0 Å². The van der Waals surface area contributed by atoms with Gasteiger partial charge < -0.3 is 4.55 Å². The van der Waals surface area contributed by atoms with E-state index in [9.17, 15) is 13.0 Å². The Morgan fingerprint density at radius 3 is 2.27 bits per heavy atom. The van der Waals surface area contributed by atoms with Gasteiger partial charge in [-0.05, 0) is 78.9 Å². The number of rotatable bonds is 1. The summed E-state index contributed by atoms with van der Waals surface area (Å²) < 4.78 is 36.7. The van der Waals surface area contributed by atoms with Crippen LogP contribution in [0.5, 0.6) is 0 Å². The van der Waals surface area contributed by atoms with E-state index >= 15 is 0 Å². The van der Waals surface area contributed by atoms with E-state index in [4.69, 9.17) is 0 Å². The molecule has 0 heterocycles. The smallest absolute Gasteiger partial charge is 0.125 e. The van der Waals surface area contributed by atoms with Gasteiger partial charge in [0, 0.05) is 17.9 Å². The molecule has 0 fully saturated rings. The van der Waals surface area contributed by atoms with Gasteiger partial charge in [0.25, 0.3) is 0 Å². The van der Waals surface area contributed by atoms with Gasteiger partial charge in [0.2, 0.25) is 0 Å². The van der Waals surface area contributed by atoms with Crippen molar-refractivity contribution in [1.82, 2.24) is 0 Å². The van der Waals surface area contributed by atoms with Gasteiger partial charge in [-0.3, -0.25) is 0 Å². The van der Waals surface area contributed by atoms with E-state index in [2.05, 4.69) is 45.2 Å². The molecule has 0 radical (unpaired) electrons. The molecule has 0 atom stereocenters. The van der Waals surface area contributed by atoms with E-state index in [0.717, 1.165) is 34.1 Å². The van der Waals surface area contributed by atoms with Crippen molar-refractivity contribution in [2.45, 2.75) is 4.90 Å². The Morgan fingerprint density at radius 2 is 1.55 bits per heavy atom. The topological polar surface area (TPSA) is 57.2 Å². The highest BCUT2D eigenvalue weighted by Crippen LogP contribution is 2.41. The van der Waals surface area contributed by atoms with Gasteiger partial charge in [0.05, 0.1) is 4.90 Å². The number of hydrogen-bond acceptors (Lipinski definition) is 3. The van der Waals surface area contributed by atoms with E-state index in [0.29, 0.717) is 5.39 Å². The molecule has 0 aromatic heterocycles. The van der Waals surface area contributed by atoms with Crippen LogP contribution in [0.3, 0.4) is 0 Å². The van der Waals surface area contributed by atoms with Crippen LogP contribution in [0.4, 0.5) is 0 Å². The van der Waals surface area contributed by atoms with Crippen LogP contribution in [0.1, 0.15) is 0 Å². The quantitative estimate of drug-likeness (QED) is 0.203. The van der Waals surface area contributed by atoms with Crippen LogP contribution in [0.25, 0.3) is 32.3 Å². The number of halogens is 2. The normalized spacial score (nSPS) is 12.7. The maximum absolute atomic E-state index is 11.7. The molecule has 0 aliphatic carbocycles. The van der Waals surface area contributed by atoms with Gasteiger partial charge >= 0.3 is 0 Å². The Balaban J connectivity index is 2.47. The summed E-state index contributed by atoms with van der Waals surface area (Å²) in [4.78, 5) is -0.132. The first-order valence-corrected chi connectivity index (χ1v) is 9.96. The van der Waals surface area contributed by atoms with Crippen LogP contribution >= 0.6 is 45.2 Å². The molecule has 0 spiro atoms. The van der Waals surface area contributed by atoms with Crippen molar-refractivity contribution >= 4 is 87.6 Å². The molecule has 22 heavy (non-hydrogen) atoms. The van der Waals surface area contributed by atoms with Crippen molar-refractivity contribution in [1.29, 1.82) is 0 Å². The molecule has 4 aromatic carbocycles. The lowest BCUT2D eigenvalue weighted by Gasteiger charge is -2.18. The van der Waals surface area contributed by atoms with Gasteiger partial charge in [-0.25, -0.2) is 8.42 Å². The molecule has 0 amide bonds. The highest BCUT2D eigenvalue weighted by atomic mass is 127. The van der Waals surface area contributed by atoms with Gasteiger partial charge in [-0.1, -0.05) is 30.3 Å². The molecule has 6 heteroatoms. The van der Waals surface area contributed by atoms with Gasteiger partial charge in [-0.15, -0.1) is 0 Å². The Hall–Kier alpha value is -0.710. The zero-order valence-electron chi connectivity index (χ0n) is 10.9. The maximum Gasteiger partial charge on any atom is 0.125 e. The Bertz CT molecular complexity index is 1170. The van der Waals surface area contributed by atoms with Crippen LogP contribution in [0.15, 0.2) is 47.4 Å². The monoisotopic (exact) mass is 533 g/mol. The Morgan fingerprint density at radius 1 is 0.818 bits per heavy atom. The standard InChI is InChI=1S/C16H8I2O3S/c17-11-7-13(22(19,20)21)16-12(18)6-9-3-1-2-8-4-5-10(11)15(16)14(8)9/h1-7H,(H,19,20,21)/p-1. The first kappa shape index (κ1) is 14.9. The molecular weight excluding hydrogens is 526 g/mol. The summed E-state index contributed by atoms with van der Waals surface area (Å²) in [5, 5.41) is 5.49. The molecule has 3 nitrogen and oxygen atoms in total. The fourth-order valence-corrected chi connectivity index (χ4v) is 5.79. The number of hydrogen-bond donors (Lipinski definition) is 0. The lowest BCUT2D eigenvalue weighted by atomic mass is 9.94. The van der Waals surface area contributed by atoms with Crippen molar-refractivity contribution in [2.24, 2.45) is 0 Å². The molecule has 0 aliphatic rings. The Kier molecular flexibility index (Phi) is 3.30. The highest BCUT2D eigenvalue weighted by molar-refractivity contribution is 14.1. The molecule has 4 aromatic rings. The van der Waals surface area contributed by atoms with Crippen LogP contribution in [0.2, 0.25) is 0 Å². The fraction of sp³-hybridized carbons (Fsp3) is 0. The molecule has 0 saturated carbocycles. The largest absolute Gasteiger partial charge is 0.744 e. The second-order valence-corrected chi connectivity index (χ2v) is 8.78. The molecule has 4 rings (SSSR count). The SMILES string of the molecule is O=S(=O)([O-])c1cc(I)c2ccc3cccc4cc(I)c1c2c34. The van der Waals surface area contributed by atoms with Crippen LogP contribution in [-0.2, 0) is 10.1 Å². The van der Waals surface area contributed by atoms with Crippen molar-refractivity contribution < 1.29 is 13.0 Å². The minimum atomic E-state index is -4.53. The third kappa shape index (κ3) is 2.04. The zero-order chi connectivity index (χ0) is 15.6. The van der Waals surface area contributed by atoms with Crippen molar-refractivity contribution in [3.05, 3.63) is 49.6 Å². The summed E-state index contributed by atoms with van der Waals surface area (Å²) in [6, 6.07) is 13.4. The van der Waals surface area contributed by atoms with E-state index in [1.165, 1.54) is 6.07 Å². The first-order chi connectivity index (χ1) is 10.4. The molecule has 0 aliphatic heterocycles. The predicted molar refractivity (Wildman–Crippen MR) is 104 cm³/mol. The molecule has 110 valence electrons. The lowest BCUT2D eigenvalue weighted by molar-refractivity contribution is 0.464. The molecule has 0 N–H and O–H groups in total. The highest BCUT2D eigenvalue weighted by Gasteiger charge is 2.18. The van der Waals surface area contributed by atoms with E-state index in [1.54, 1.807) is 0 Å². The average molecular weight is 533 g/mol. The van der Waals surface area contributed by atoms with Gasteiger partial charge in [-0.2, -0.15) is 0 Å². The molecule has 0 saturated heterocycles. The summed E-state index contributed by atoms with van der Waals surface area (Å²) in [6.45, 7) is 0. The maximum atomic E-state index is 11.7. The van der Waals surface area contributed by atoms with E-state index in [-0.39, 0.29) is 4.90 Å². The molecular formula is C16H7I2O3S-. The minimum absolute atomic E-state index is 0.132. The summed E-state index contributed by atoms with van der Waals surface area (Å²) in [7, 11) is -4.53. The lowest BCUT2D eigenvalue weighted by Crippen LogP contribution is -2.02. The third-order valence-electron chi connectivity index (χ3n) is 3.88. The van der Waals surface area contributed by atoms with Crippen molar-refractivity contribution in [2.75, 3.05) is 0 Å². The number of benzene rings is 4. The summed E-state index contributed by atoms with van der Waals surface area (Å²) in [5.74, 6) is 0. The zero-order valence-corrected chi connectivity index (χ0v) is 16.1. The summed E-state index contributed by atoms with van der Waals surface area (Å²) in [5.41, 5.74) is 0. The second-order valence-electron chi connectivity index (χ2n) is 5.11. The summed E-state index contributed by atoms with van der Waals surface area (Å²) >= 11 is 4.20. The molecule has 0 unspecified atom stereocenters. The van der Waals surface area contributed by atoms with Crippen molar-refractivity contribution in [3.63, 3.8) is 0 Å². The summed E-state index contributed by atoms with van der Waals surface area (Å²) in [6.07, 6.45) is 0. The van der Waals surface area contributed by atoms with E-state index in [1.807, 2.05) is 36.4 Å². The van der Waals surface area contributed by atoms with Gasteiger partial charge in [0.15, 0.2) is 0 Å².